The minimum atomic E-state index is -1.80. The monoisotopic (exact) mass is 874 g/mol. The van der Waals surface area contributed by atoms with Crippen LogP contribution in [0.1, 0.15) is 135 Å². The molecule has 4 fully saturated rings. The fourth-order valence-electron chi connectivity index (χ4n) is 10.1. The first-order chi connectivity index (χ1) is 26.1. The molecule has 4 aliphatic rings. The van der Waals surface area contributed by atoms with Crippen molar-refractivity contribution in [1.29, 1.82) is 0 Å². The molecule has 0 amide bonds. The van der Waals surface area contributed by atoms with Crippen molar-refractivity contribution in [3.8, 4) is 0 Å². The van der Waals surface area contributed by atoms with E-state index in [1.165, 1.54) is 61.7 Å². The maximum absolute atomic E-state index is 5.56. The van der Waals surface area contributed by atoms with E-state index in [0.29, 0.717) is 0 Å². The molecule has 1 aliphatic heterocycles. The summed E-state index contributed by atoms with van der Waals surface area (Å²) in [7, 11) is 11.1. The van der Waals surface area contributed by atoms with Gasteiger partial charge in [0.25, 0.3) is 0 Å². The van der Waals surface area contributed by atoms with Crippen molar-refractivity contribution in [3.63, 3.8) is 0 Å². The summed E-state index contributed by atoms with van der Waals surface area (Å²) in [5, 5.41) is 0. The zero-order chi connectivity index (χ0) is 38.5. The van der Waals surface area contributed by atoms with Crippen LogP contribution in [-0.2, 0) is 13.5 Å². The van der Waals surface area contributed by atoms with Gasteiger partial charge in [-0.05, 0) is 141 Å². The summed E-state index contributed by atoms with van der Waals surface area (Å²) in [5.41, 5.74) is 18.4. The van der Waals surface area contributed by atoms with Crippen LogP contribution in [0.3, 0.4) is 0 Å². The molecule has 0 atom stereocenters. The summed E-state index contributed by atoms with van der Waals surface area (Å²) in [4.78, 5) is 4.81. The summed E-state index contributed by atoms with van der Waals surface area (Å²) in [6.07, 6.45) is 25.6. The number of rotatable bonds is 6. The maximum atomic E-state index is 5.56. The van der Waals surface area contributed by atoms with Crippen LogP contribution < -0.4 is 9.80 Å². The average Bonchev–Trinajstić information content (AvgIpc) is 3.62. The molecule has 6 heteroatoms. The van der Waals surface area contributed by atoms with Gasteiger partial charge in [0.2, 0.25) is 0 Å². The third-order valence-corrected chi connectivity index (χ3v) is 18.0. The summed E-state index contributed by atoms with van der Waals surface area (Å²) in [6, 6.07) is 19.0. The van der Waals surface area contributed by atoms with Gasteiger partial charge in [0, 0.05) is 32.4 Å². The number of benzene rings is 3. The van der Waals surface area contributed by atoms with Crippen molar-refractivity contribution in [1.82, 2.24) is 0 Å². The fraction of sp³-hybridized carbons (Fsp3) is 0.542. The van der Waals surface area contributed by atoms with Crippen LogP contribution in [0.15, 0.2) is 60.3 Å². The average molecular weight is 875 g/mol. The molecule has 0 unspecified atom stereocenters. The van der Waals surface area contributed by atoms with Crippen molar-refractivity contribution in [2.75, 3.05) is 22.9 Å². The van der Waals surface area contributed by atoms with Crippen LogP contribution in [-0.4, -0.2) is 34.3 Å². The van der Waals surface area contributed by atoms with E-state index in [2.05, 4.69) is 92.3 Å². The Hall–Kier alpha value is -1.68. The second kappa shape index (κ2) is 22.3. The second-order valence-electron chi connectivity index (χ2n) is 16.5. The van der Waals surface area contributed by atoms with Crippen molar-refractivity contribution < 1.29 is 13.5 Å². The van der Waals surface area contributed by atoms with E-state index in [1.54, 1.807) is 96.3 Å². The van der Waals surface area contributed by atoms with Gasteiger partial charge in [0.05, 0.1) is 17.0 Å². The van der Waals surface area contributed by atoms with Crippen LogP contribution in [0.5, 0.6) is 0 Å². The quantitative estimate of drug-likeness (QED) is 0.105. The molecule has 3 aliphatic carbocycles. The Morgan fingerprint density at radius 3 is 1.31 bits per heavy atom. The molecule has 0 N–H and O–H groups in total. The zero-order valence-corrected chi connectivity index (χ0v) is 38.4. The van der Waals surface area contributed by atoms with Crippen LogP contribution >= 0.6 is 27.3 Å². The van der Waals surface area contributed by atoms with E-state index >= 15 is 0 Å². The Morgan fingerprint density at radius 1 is 0.593 bits per heavy atom. The topological polar surface area (TPSA) is 6.48 Å². The van der Waals surface area contributed by atoms with E-state index in [4.69, 9.17) is 19.4 Å². The Labute approximate surface area is 344 Å². The first kappa shape index (κ1) is 43.4. The van der Waals surface area contributed by atoms with Gasteiger partial charge in [0.15, 0.2) is 0 Å². The van der Waals surface area contributed by atoms with Crippen molar-refractivity contribution >= 4 is 49.0 Å². The van der Waals surface area contributed by atoms with Crippen LogP contribution in [0, 0.1) is 48.2 Å². The molecule has 0 spiro atoms. The zero-order valence-electron chi connectivity index (χ0n) is 34.1. The molecule has 296 valence electrons. The van der Waals surface area contributed by atoms with Crippen LogP contribution in [0.4, 0.5) is 11.4 Å². The number of hydrogen-bond donors (Lipinski definition) is 0. The molecule has 3 aromatic rings. The Balaban J connectivity index is 0.000000164. The van der Waals surface area contributed by atoms with Gasteiger partial charge in [-0.25, -0.2) is 0 Å². The van der Waals surface area contributed by atoms with Crippen molar-refractivity contribution in [3.05, 3.63) is 106 Å². The molecule has 54 heavy (non-hydrogen) atoms. The summed E-state index contributed by atoms with van der Waals surface area (Å²) in [5.74, 6) is 0. The Bertz CT molecular complexity index is 1570. The van der Waals surface area contributed by atoms with Gasteiger partial charge >= 0.3 is 84.9 Å². The van der Waals surface area contributed by atoms with Gasteiger partial charge in [0.1, 0.15) is 0 Å². The molecule has 0 bridgehead atoms. The first-order valence-corrected chi connectivity index (χ1v) is 28.0. The number of hydrogen-bond acceptors (Lipinski definition) is 2. The molecule has 0 aromatic heterocycles. The number of anilines is 2. The van der Waals surface area contributed by atoms with Gasteiger partial charge < -0.3 is 9.80 Å². The third kappa shape index (κ3) is 12.9. The van der Waals surface area contributed by atoms with Crippen LogP contribution in [0.25, 0.3) is 6.08 Å². The first-order valence-electron chi connectivity index (χ1n) is 20.9. The molecule has 1 heterocycles. The van der Waals surface area contributed by atoms with Crippen molar-refractivity contribution in [2.45, 2.75) is 155 Å². The summed E-state index contributed by atoms with van der Waals surface area (Å²) >= 11 is -1.80. The summed E-state index contributed by atoms with van der Waals surface area (Å²) in [6.45, 7) is 17.6. The third-order valence-electron chi connectivity index (χ3n) is 12.1. The molecular weight excluding hydrogens is 807 g/mol. The van der Waals surface area contributed by atoms with Gasteiger partial charge in [-0.3, -0.25) is 0 Å². The Morgan fingerprint density at radius 2 is 0.963 bits per heavy atom. The van der Waals surface area contributed by atoms with E-state index in [-0.39, 0.29) is 7.92 Å². The number of halogens is 2. The van der Waals surface area contributed by atoms with Gasteiger partial charge in [-0.1, -0.05) is 54.7 Å². The van der Waals surface area contributed by atoms with E-state index in [0.717, 1.165) is 18.7 Å². The second-order valence-corrected chi connectivity index (χ2v) is 25.2. The SMILES string of the molecule is C1CCC([PH+](C2CCCCC2)C2CCCCC2)CC1.Cc1cc(C)c(N2[CH-]N(c3c(C)cc(C)cc3C)CC2)c(C)c1.[Cl][Ru]([Cl])=[C]=C=Cc1ccccc1. The molecule has 1 saturated heterocycles. The van der Waals surface area contributed by atoms with Gasteiger partial charge in [-0.15, -0.1) is 0 Å². The van der Waals surface area contributed by atoms with Crippen LogP contribution in [0.2, 0.25) is 0 Å². The fourth-order valence-corrected chi connectivity index (χ4v) is 16.1. The normalized spacial score (nSPS) is 18.6. The van der Waals surface area contributed by atoms with E-state index in [9.17, 15) is 0 Å². The van der Waals surface area contributed by atoms with Crippen molar-refractivity contribution in [2.24, 2.45) is 0 Å². The molecule has 0 radical (unpaired) electrons. The molecule has 2 nitrogen and oxygen atoms in total. The van der Waals surface area contributed by atoms with Gasteiger partial charge in [-0.2, -0.15) is 6.67 Å². The molecular formula is C48H67Cl2N2PRu. The summed E-state index contributed by atoms with van der Waals surface area (Å²) < 4.78 is 2.76. The number of aryl methyl sites for hydroxylation is 6. The predicted molar refractivity (Wildman–Crippen MR) is 240 cm³/mol. The number of nitrogens with zero attached hydrogens (tertiary/aromatic N) is 2. The molecule has 3 aromatic carbocycles. The standard InChI is InChI=1S/C21H27N2.C18H33P.C9H6.2ClH.Ru/c1-14-9-16(3)20(17(4)10-14)22-7-8-23(13-22)21-18(5)11-15(2)12-19(21)6;1-4-10-16(11-5-1)19(17-12-6-2-7-13-17)18-14-8-3-9-15-18;1-2-6-9-7-4-3-5-8-9;;;/h9-13H,7-8H2,1-6H3;16-18H,1-15H2;3-8H;2*1H;/q-1;;;;;+2/p-1. The molecule has 3 saturated carbocycles. The Kier molecular flexibility index (Phi) is 18.0. The van der Waals surface area contributed by atoms with E-state index < -0.39 is 13.5 Å². The molecule has 7 rings (SSSR count). The predicted octanol–water partition coefficient (Wildman–Crippen LogP) is 14.4. The minimum absolute atomic E-state index is 0.0465. The van der Waals surface area contributed by atoms with E-state index in [1.807, 2.05) is 36.4 Å².